The number of nitrogen functional groups attached to an aromatic ring is 1. The molecule has 1 unspecified atom stereocenters. The number of amides is 1. The molecule has 5 heteroatoms. The highest BCUT2D eigenvalue weighted by Crippen LogP contribution is 2.22. The first-order valence-corrected chi connectivity index (χ1v) is 4.83. The lowest BCUT2D eigenvalue weighted by Gasteiger charge is -2.25. The Morgan fingerprint density at radius 3 is 3.13 bits per heavy atom. The van der Waals surface area contributed by atoms with E-state index in [1.165, 1.54) is 0 Å². The Kier molecular flexibility index (Phi) is 2.22. The third kappa shape index (κ3) is 1.72. The number of carbonyl (C=O) groups excluding carboxylic acids is 2. The SMILES string of the molecule is CC(=O)CC1CNC(=O)c2cc(N)cn21. The van der Waals surface area contributed by atoms with Crippen LogP contribution in [0, 0.1) is 0 Å². The van der Waals surface area contributed by atoms with Crippen molar-refractivity contribution in [3.8, 4) is 0 Å². The molecule has 15 heavy (non-hydrogen) atoms. The first-order chi connectivity index (χ1) is 7.08. The second kappa shape index (κ2) is 3.42. The second-order valence-electron chi connectivity index (χ2n) is 3.84. The Hall–Kier alpha value is -1.78. The maximum Gasteiger partial charge on any atom is 0.268 e. The largest absolute Gasteiger partial charge is 0.397 e. The number of hydrogen-bond acceptors (Lipinski definition) is 3. The van der Waals surface area contributed by atoms with Gasteiger partial charge >= 0.3 is 0 Å². The summed E-state index contributed by atoms with van der Waals surface area (Å²) < 4.78 is 1.79. The van der Waals surface area contributed by atoms with E-state index in [4.69, 9.17) is 5.73 Å². The van der Waals surface area contributed by atoms with E-state index in [1.807, 2.05) is 0 Å². The zero-order valence-corrected chi connectivity index (χ0v) is 8.49. The molecule has 0 spiro atoms. The Balaban J connectivity index is 2.35. The van der Waals surface area contributed by atoms with Crippen LogP contribution >= 0.6 is 0 Å². The average Bonchev–Trinajstić information content (AvgIpc) is 2.52. The van der Waals surface area contributed by atoms with E-state index >= 15 is 0 Å². The number of Topliss-reactive ketones (excluding diaryl/α,β-unsaturated/α-hetero) is 1. The summed E-state index contributed by atoms with van der Waals surface area (Å²) in [5.74, 6) is -0.0270. The summed E-state index contributed by atoms with van der Waals surface area (Å²) in [5, 5.41) is 2.74. The average molecular weight is 207 g/mol. The Bertz CT molecular complexity index is 422. The molecule has 2 rings (SSSR count). The van der Waals surface area contributed by atoms with Gasteiger partial charge in [-0.25, -0.2) is 0 Å². The van der Waals surface area contributed by atoms with Crippen molar-refractivity contribution in [2.45, 2.75) is 19.4 Å². The van der Waals surface area contributed by atoms with Gasteiger partial charge in [-0.3, -0.25) is 9.59 Å². The molecular formula is C10H13N3O2. The zero-order chi connectivity index (χ0) is 11.0. The summed E-state index contributed by atoms with van der Waals surface area (Å²) in [6.07, 6.45) is 2.13. The molecule has 0 saturated carbocycles. The van der Waals surface area contributed by atoms with Gasteiger partial charge in [-0.15, -0.1) is 0 Å². The molecule has 0 aromatic carbocycles. The number of hydrogen-bond donors (Lipinski definition) is 2. The van der Waals surface area contributed by atoms with Crippen LogP contribution in [0.3, 0.4) is 0 Å². The smallest absolute Gasteiger partial charge is 0.268 e. The third-order valence-corrected chi connectivity index (χ3v) is 2.52. The molecular weight excluding hydrogens is 194 g/mol. The fourth-order valence-electron chi connectivity index (χ4n) is 1.89. The van der Waals surface area contributed by atoms with Gasteiger partial charge in [-0.1, -0.05) is 0 Å². The predicted molar refractivity (Wildman–Crippen MR) is 55.5 cm³/mol. The quantitative estimate of drug-likeness (QED) is 0.733. The summed E-state index contributed by atoms with van der Waals surface area (Å²) in [4.78, 5) is 22.5. The van der Waals surface area contributed by atoms with E-state index in [9.17, 15) is 9.59 Å². The number of ketones is 1. The van der Waals surface area contributed by atoms with Crippen molar-refractivity contribution in [2.75, 3.05) is 12.3 Å². The Morgan fingerprint density at radius 1 is 1.73 bits per heavy atom. The molecule has 0 aliphatic carbocycles. The van der Waals surface area contributed by atoms with Crippen LogP contribution in [0.4, 0.5) is 5.69 Å². The zero-order valence-electron chi connectivity index (χ0n) is 8.49. The molecule has 0 fully saturated rings. The van der Waals surface area contributed by atoms with E-state index in [1.54, 1.807) is 23.8 Å². The van der Waals surface area contributed by atoms with Gasteiger partial charge in [0.05, 0.1) is 11.7 Å². The number of nitrogens with one attached hydrogen (secondary N) is 1. The highest BCUT2D eigenvalue weighted by Gasteiger charge is 2.25. The molecule has 80 valence electrons. The molecule has 2 heterocycles. The van der Waals surface area contributed by atoms with Crippen molar-refractivity contribution in [3.63, 3.8) is 0 Å². The van der Waals surface area contributed by atoms with E-state index < -0.39 is 0 Å². The normalized spacial score (nSPS) is 19.5. The van der Waals surface area contributed by atoms with Crippen molar-refractivity contribution < 1.29 is 9.59 Å². The van der Waals surface area contributed by atoms with Gasteiger partial charge < -0.3 is 15.6 Å². The van der Waals surface area contributed by atoms with E-state index in [0.717, 1.165) is 0 Å². The molecule has 1 amide bonds. The molecule has 1 aromatic heterocycles. The molecule has 0 bridgehead atoms. The fourth-order valence-corrected chi connectivity index (χ4v) is 1.89. The minimum atomic E-state index is -0.133. The Morgan fingerprint density at radius 2 is 2.47 bits per heavy atom. The number of anilines is 1. The van der Waals surface area contributed by atoms with Crippen LogP contribution in [0.15, 0.2) is 12.3 Å². The van der Waals surface area contributed by atoms with Crippen LogP contribution in [0.2, 0.25) is 0 Å². The first kappa shape index (κ1) is 9.76. The molecule has 1 atom stereocenters. The Labute approximate surface area is 87.2 Å². The van der Waals surface area contributed by atoms with Gasteiger partial charge in [0.15, 0.2) is 0 Å². The fraction of sp³-hybridized carbons (Fsp3) is 0.400. The van der Waals surface area contributed by atoms with Gasteiger partial charge in [-0.05, 0) is 13.0 Å². The number of nitrogens with zero attached hydrogens (tertiary/aromatic N) is 1. The maximum absolute atomic E-state index is 11.5. The van der Waals surface area contributed by atoms with Gasteiger partial charge in [0.25, 0.3) is 5.91 Å². The highest BCUT2D eigenvalue weighted by atomic mass is 16.2. The standard InChI is InChI=1S/C10H13N3O2/c1-6(14)2-8-4-12-10(15)9-3-7(11)5-13(8)9/h3,5,8H,2,4,11H2,1H3,(H,12,15). The molecule has 1 aliphatic rings. The highest BCUT2D eigenvalue weighted by molar-refractivity contribution is 5.94. The molecule has 0 radical (unpaired) electrons. The van der Waals surface area contributed by atoms with E-state index in [0.29, 0.717) is 24.3 Å². The monoisotopic (exact) mass is 207 g/mol. The summed E-state index contributed by atoms with van der Waals surface area (Å²) in [7, 11) is 0. The van der Waals surface area contributed by atoms with Crippen LogP contribution in [0.1, 0.15) is 29.9 Å². The summed E-state index contributed by atoms with van der Waals surface area (Å²) in [5.41, 5.74) is 6.71. The molecule has 1 aliphatic heterocycles. The molecule has 3 N–H and O–H groups in total. The van der Waals surface area contributed by atoms with Gasteiger partial charge in [0.1, 0.15) is 11.5 Å². The van der Waals surface area contributed by atoms with E-state index in [-0.39, 0.29) is 17.7 Å². The van der Waals surface area contributed by atoms with Gasteiger partial charge in [-0.2, -0.15) is 0 Å². The topological polar surface area (TPSA) is 77.1 Å². The third-order valence-electron chi connectivity index (χ3n) is 2.52. The second-order valence-corrected chi connectivity index (χ2v) is 3.84. The minimum Gasteiger partial charge on any atom is -0.397 e. The number of fused-ring (bicyclic) bond motifs is 1. The maximum atomic E-state index is 11.5. The van der Waals surface area contributed by atoms with Gasteiger partial charge in [0, 0.05) is 19.2 Å². The van der Waals surface area contributed by atoms with E-state index in [2.05, 4.69) is 5.32 Å². The summed E-state index contributed by atoms with van der Waals surface area (Å²) in [6, 6.07) is 1.62. The van der Waals surface area contributed by atoms with Gasteiger partial charge in [0.2, 0.25) is 0 Å². The number of rotatable bonds is 2. The number of nitrogens with two attached hydrogens (primary N) is 1. The minimum absolute atomic E-state index is 0.00694. The van der Waals surface area contributed by atoms with Crippen molar-refractivity contribution in [1.82, 2.24) is 9.88 Å². The predicted octanol–water partition coefficient (Wildman–Crippen LogP) is 0.334. The van der Waals surface area contributed by atoms with Crippen LogP contribution in [-0.2, 0) is 4.79 Å². The van der Waals surface area contributed by atoms with Crippen LogP contribution in [0.5, 0.6) is 0 Å². The summed E-state index contributed by atoms with van der Waals surface area (Å²) in [6.45, 7) is 2.03. The van der Waals surface area contributed by atoms with Crippen molar-refractivity contribution in [1.29, 1.82) is 0 Å². The molecule has 0 saturated heterocycles. The molecule has 1 aromatic rings. The van der Waals surface area contributed by atoms with Crippen molar-refractivity contribution >= 4 is 17.4 Å². The lowest BCUT2D eigenvalue weighted by Crippen LogP contribution is -2.39. The lowest BCUT2D eigenvalue weighted by atomic mass is 10.1. The molecule has 5 nitrogen and oxygen atoms in total. The first-order valence-electron chi connectivity index (χ1n) is 4.83. The van der Waals surface area contributed by atoms with Crippen LogP contribution in [0.25, 0.3) is 0 Å². The van der Waals surface area contributed by atoms with Crippen molar-refractivity contribution in [2.24, 2.45) is 0 Å². The number of carbonyl (C=O) groups is 2. The van der Waals surface area contributed by atoms with Crippen molar-refractivity contribution in [3.05, 3.63) is 18.0 Å². The summed E-state index contributed by atoms with van der Waals surface area (Å²) >= 11 is 0. The lowest BCUT2D eigenvalue weighted by molar-refractivity contribution is -0.117. The number of aromatic nitrogens is 1. The van der Waals surface area contributed by atoms with Crippen LogP contribution in [-0.4, -0.2) is 22.8 Å². The van der Waals surface area contributed by atoms with Crippen LogP contribution < -0.4 is 11.1 Å².